The van der Waals surface area contributed by atoms with E-state index in [1.165, 1.54) is 0 Å². The van der Waals surface area contributed by atoms with Crippen molar-refractivity contribution < 1.29 is 9.59 Å². The van der Waals surface area contributed by atoms with Gasteiger partial charge in [-0.15, -0.1) is 0 Å². The molecule has 0 saturated heterocycles. The maximum absolute atomic E-state index is 12.1. The molecule has 5 nitrogen and oxygen atoms in total. The highest BCUT2D eigenvalue weighted by atomic mass is 79.9. The monoisotopic (exact) mass is 347 g/mol. The SMILES string of the molecule is CNC(=O)c1ccc(NC(=O)c2cccc(Br)n2)c(C)c1. The summed E-state index contributed by atoms with van der Waals surface area (Å²) in [6.07, 6.45) is 0. The van der Waals surface area contributed by atoms with Crippen molar-refractivity contribution in [1.82, 2.24) is 10.3 Å². The van der Waals surface area contributed by atoms with E-state index < -0.39 is 0 Å². The van der Waals surface area contributed by atoms with Crippen LogP contribution in [-0.2, 0) is 0 Å². The Morgan fingerprint density at radius 3 is 2.52 bits per heavy atom. The van der Waals surface area contributed by atoms with Crippen LogP contribution in [0.5, 0.6) is 0 Å². The van der Waals surface area contributed by atoms with Crippen molar-refractivity contribution in [3.05, 3.63) is 57.8 Å². The topological polar surface area (TPSA) is 71.1 Å². The van der Waals surface area contributed by atoms with Crippen molar-refractivity contribution in [2.75, 3.05) is 12.4 Å². The molecule has 0 spiro atoms. The summed E-state index contributed by atoms with van der Waals surface area (Å²) < 4.78 is 0.599. The van der Waals surface area contributed by atoms with Crippen LogP contribution in [0.4, 0.5) is 5.69 Å². The summed E-state index contributed by atoms with van der Waals surface area (Å²) in [5, 5.41) is 5.34. The molecule has 2 aromatic rings. The molecule has 0 aliphatic carbocycles. The van der Waals surface area contributed by atoms with Gasteiger partial charge in [-0.3, -0.25) is 9.59 Å². The molecule has 0 unspecified atom stereocenters. The maximum Gasteiger partial charge on any atom is 0.274 e. The molecule has 0 radical (unpaired) electrons. The second-order valence-electron chi connectivity index (χ2n) is 4.41. The number of pyridine rings is 1. The third-order valence-electron chi connectivity index (χ3n) is 2.91. The molecular formula is C15H14BrN3O2. The molecule has 0 fully saturated rings. The van der Waals surface area contributed by atoms with Crippen LogP contribution in [0.15, 0.2) is 41.0 Å². The summed E-state index contributed by atoms with van der Waals surface area (Å²) >= 11 is 3.23. The molecule has 1 heterocycles. The first kappa shape index (κ1) is 15.2. The van der Waals surface area contributed by atoms with Crippen LogP contribution >= 0.6 is 15.9 Å². The zero-order valence-corrected chi connectivity index (χ0v) is 13.2. The van der Waals surface area contributed by atoms with Gasteiger partial charge >= 0.3 is 0 Å². The van der Waals surface area contributed by atoms with Gasteiger partial charge in [0.05, 0.1) is 0 Å². The second-order valence-corrected chi connectivity index (χ2v) is 5.22. The van der Waals surface area contributed by atoms with Gasteiger partial charge in [-0.1, -0.05) is 6.07 Å². The molecule has 2 amide bonds. The highest BCUT2D eigenvalue weighted by molar-refractivity contribution is 9.10. The highest BCUT2D eigenvalue weighted by Crippen LogP contribution is 2.17. The van der Waals surface area contributed by atoms with Crippen LogP contribution in [-0.4, -0.2) is 23.8 Å². The number of amides is 2. The Kier molecular flexibility index (Phi) is 4.70. The van der Waals surface area contributed by atoms with Gasteiger partial charge in [0.25, 0.3) is 11.8 Å². The molecule has 2 rings (SSSR count). The smallest absolute Gasteiger partial charge is 0.274 e. The quantitative estimate of drug-likeness (QED) is 0.838. The Hall–Kier alpha value is -2.21. The van der Waals surface area contributed by atoms with Crippen molar-refractivity contribution in [2.24, 2.45) is 0 Å². The lowest BCUT2D eigenvalue weighted by molar-refractivity contribution is 0.0962. The average molecular weight is 348 g/mol. The van der Waals surface area contributed by atoms with Crippen molar-refractivity contribution in [3.8, 4) is 0 Å². The van der Waals surface area contributed by atoms with Crippen LogP contribution in [0.25, 0.3) is 0 Å². The Bertz CT molecular complexity index is 701. The second kappa shape index (κ2) is 6.49. The predicted molar refractivity (Wildman–Crippen MR) is 84.5 cm³/mol. The molecule has 1 aromatic heterocycles. The largest absolute Gasteiger partial charge is 0.355 e. The van der Waals surface area contributed by atoms with Crippen LogP contribution < -0.4 is 10.6 Å². The number of aromatic nitrogens is 1. The lowest BCUT2D eigenvalue weighted by Crippen LogP contribution is -2.18. The van der Waals surface area contributed by atoms with E-state index in [-0.39, 0.29) is 11.8 Å². The first-order chi connectivity index (χ1) is 10.0. The van der Waals surface area contributed by atoms with Gasteiger partial charge in [-0.25, -0.2) is 4.98 Å². The van der Waals surface area contributed by atoms with Crippen molar-refractivity contribution in [1.29, 1.82) is 0 Å². The molecule has 108 valence electrons. The number of carbonyl (C=O) groups excluding carboxylic acids is 2. The number of carbonyl (C=O) groups is 2. The Labute approximate surface area is 130 Å². The van der Waals surface area contributed by atoms with E-state index in [1.54, 1.807) is 43.4 Å². The number of benzene rings is 1. The van der Waals surface area contributed by atoms with Gasteiger partial charge < -0.3 is 10.6 Å². The molecule has 0 atom stereocenters. The molecule has 0 saturated carbocycles. The fourth-order valence-corrected chi connectivity index (χ4v) is 2.15. The predicted octanol–water partition coefficient (Wildman–Crippen LogP) is 2.76. The third kappa shape index (κ3) is 3.66. The lowest BCUT2D eigenvalue weighted by atomic mass is 10.1. The summed E-state index contributed by atoms with van der Waals surface area (Å²) in [6.45, 7) is 1.83. The van der Waals surface area contributed by atoms with E-state index in [2.05, 4.69) is 31.5 Å². The zero-order chi connectivity index (χ0) is 15.4. The van der Waals surface area contributed by atoms with E-state index in [9.17, 15) is 9.59 Å². The first-order valence-corrected chi connectivity index (χ1v) is 7.07. The molecule has 0 aliphatic heterocycles. The Balaban J connectivity index is 2.20. The van der Waals surface area contributed by atoms with Crippen LogP contribution in [0.1, 0.15) is 26.4 Å². The molecule has 0 bridgehead atoms. The fraction of sp³-hybridized carbons (Fsp3) is 0.133. The maximum atomic E-state index is 12.1. The van der Waals surface area contributed by atoms with Crippen LogP contribution in [0.2, 0.25) is 0 Å². The summed E-state index contributed by atoms with van der Waals surface area (Å²) in [4.78, 5) is 27.8. The number of hydrogen-bond donors (Lipinski definition) is 2. The van der Waals surface area contributed by atoms with Crippen molar-refractivity contribution >= 4 is 33.4 Å². The Morgan fingerprint density at radius 2 is 1.90 bits per heavy atom. The van der Waals surface area contributed by atoms with Gasteiger partial charge in [-0.05, 0) is 58.7 Å². The number of rotatable bonds is 3. The van der Waals surface area contributed by atoms with E-state index in [0.717, 1.165) is 5.56 Å². The van der Waals surface area contributed by atoms with E-state index in [1.807, 2.05) is 6.92 Å². The summed E-state index contributed by atoms with van der Waals surface area (Å²) in [7, 11) is 1.58. The number of nitrogens with one attached hydrogen (secondary N) is 2. The van der Waals surface area contributed by atoms with Gasteiger partial charge in [-0.2, -0.15) is 0 Å². The minimum Gasteiger partial charge on any atom is -0.355 e. The standard InChI is InChI=1S/C15H14BrN3O2/c1-9-8-10(14(20)17-2)6-7-11(9)19-15(21)12-4-3-5-13(16)18-12/h3-8H,1-2H3,(H,17,20)(H,19,21). The minimum absolute atomic E-state index is 0.162. The summed E-state index contributed by atoms with van der Waals surface area (Å²) in [5.41, 5.74) is 2.32. The minimum atomic E-state index is -0.299. The first-order valence-electron chi connectivity index (χ1n) is 6.28. The van der Waals surface area contributed by atoms with Gasteiger partial charge in [0.1, 0.15) is 10.3 Å². The number of hydrogen-bond acceptors (Lipinski definition) is 3. The zero-order valence-electron chi connectivity index (χ0n) is 11.6. The lowest BCUT2D eigenvalue weighted by Gasteiger charge is -2.09. The molecule has 1 aromatic carbocycles. The molecular weight excluding hydrogens is 334 g/mol. The average Bonchev–Trinajstić information content (AvgIpc) is 2.48. The number of anilines is 1. The van der Waals surface area contributed by atoms with Gasteiger partial charge in [0.15, 0.2) is 0 Å². The van der Waals surface area contributed by atoms with Gasteiger partial charge in [0.2, 0.25) is 0 Å². The molecule has 2 N–H and O–H groups in total. The molecule has 21 heavy (non-hydrogen) atoms. The number of halogens is 1. The van der Waals surface area contributed by atoms with Crippen molar-refractivity contribution in [3.63, 3.8) is 0 Å². The number of aryl methyl sites for hydroxylation is 1. The molecule has 0 aliphatic rings. The normalized spacial score (nSPS) is 10.0. The third-order valence-corrected chi connectivity index (χ3v) is 3.35. The van der Waals surface area contributed by atoms with E-state index in [0.29, 0.717) is 21.5 Å². The van der Waals surface area contributed by atoms with Gasteiger partial charge in [0, 0.05) is 18.3 Å². The van der Waals surface area contributed by atoms with Crippen LogP contribution in [0, 0.1) is 6.92 Å². The number of nitrogens with zero attached hydrogens (tertiary/aromatic N) is 1. The summed E-state index contributed by atoms with van der Waals surface area (Å²) in [5.74, 6) is -0.461. The van der Waals surface area contributed by atoms with E-state index >= 15 is 0 Å². The van der Waals surface area contributed by atoms with E-state index in [4.69, 9.17) is 0 Å². The molecule has 6 heteroatoms. The Morgan fingerprint density at radius 1 is 1.14 bits per heavy atom. The van der Waals surface area contributed by atoms with Crippen molar-refractivity contribution in [2.45, 2.75) is 6.92 Å². The highest BCUT2D eigenvalue weighted by Gasteiger charge is 2.11. The van der Waals surface area contributed by atoms with Crippen LogP contribution in [0.3, 0.4) is 0 Å². The fourth-order valence-electron chi connectivity index (χ4n) is 1.81. The summed E-state index contributed by atoms with van der Waals surface area (Å²) in [6, 6.07) is 10.2.